The number of hydrogen-bond donors (Lipinski definition) is 3. The highest BCUT2D eigenvalue weighted by atomic mass is 16.4. The lowest BCUT2D eigenvalue weighted by atomic mass is 10.2. The van der Waals surface area contributed by atoms with E-state index >= 15 is 0 Å². The Morgan fingerprint density at radius 1 is 1.60 bits per heavy atom. The maximum atomic E-state index is 10.2. The minimum absolute atomic E-state index is 1.61. The Kier molecular flexibility index (Phi) is 1.79. The molecule has 4 N–H and O–H groups in total. The molecule has 0 saturated carbocycles. The molecule has 0 saturated heterocycles. The van der Waals surface area contributed by atoms with Crippen LogP contribution in [0.1, 0.15) is 16.9 Å². The van der Waals surface area contributed by atoms with E-state index in [4.69, 9.17) is 20.1 Å². The molecule has 58 valence electrons. The zero-order valence-electron chi connectivity index (χ0n) is 7.94. The highest BCUT2D eigenvalue weighted by Crippen LogP contribution is 1.93. The van der Waals surface area contributed by atoms with Crippen molar-refractivity contribution in [2.24, 2.45) is 5.73 Å². The lowest BCUT2D eigenvalue weighted by Gasteiger charge is -2.01. The number of aliphatic carboxylic acids is 2. The largest absolute Gasteiger partial charge is 0.481 e. The van der Waals surface area contributed by atoms with Crippen LogP contribution in [0.4, 0.5) is 0 Å². The fraction of sp³-hybridized carbons (Fsp3) is 0.600. The first-order valence-corrected chi connectivity index (χ1v) is 2.35. The third-order valence-corrected chi connectivity index (χ3v) is 0.672. The van der Waals surface area contributed by atoms with Gasteiger partial charge in [-0.2, -0.15) is 0 Å². The quantitative estimate of drug-likeness (QED) is 0.490. The Labute approximate surface area is 61.7 Å². The van der Waals surface area contributed by atoms with Crippen LogP contribution >= 0.6 is 0 Å². The van der Waals surface area contributed by atoms with Crippen molar-refractivity contribution in [3.63, 3.8) is 0 Å². The second-order valence-corrected chi connectivity index (χ2v) is 1.48. The smallest absolute Gasteiger partial charge is 0.320 e. The van der Waals surface area contributed by atoms with Gasteiger partial charge >= 0.3 is 11.9 Å². The molecule has 5 nitrogen and oxygen atoms in total. The second-order valence-electron chi connectivity index (χ2n) is 1.48. The van der Waals surface area contributed by atoms with Gasteiger partial charge in [0.2, 0.25) is 0 Å². The fourth-order valence-electron chi connectivity index (χ4n) is 0.232. The Morgan fingerprint density at radius 2 is 2.10 bits per heavy atom. The molecule has 0 rings (SSSR count). The molecule has 0 fully saturated rings. The summed E-state index contributed by atoms with van der Waals surface area (Å²) < 4.78 is 20.7. The van der Waals surface area contributed by atoms with E-state index in [2.05, 4.69) is 0 Å². The van der Waals surface area contributed by atoms with E-state index in [9.17, 15) is 9.59 Å². The van der Waals surface area contributed by atoms with Crippen LogP contribution in [0.3, 0.4) is 0 Å². The van der Waals surface area contributed by atoms with Crippen LogP contribution in [0.25, 0.3) is 0 Å². The normalized spacial score (nSPS) is 21.5. The van der Waals surface area contributed by atoms with E-state index in [0.29, 0.717) is 0 Å². The molecule has 0 bridgehead atoms. The first kappa shape index (κ1) is 4.68. The molecular formula is C5H9NO4. The van der Waals surface area contributed by atoms with E-state index in [1.165, 1.54) is 0 Å². The van der Waals surface area contributed by atoms with Gasteiger partial charge in [-0.05, 0) is 6.40 Å². The van der Waals surface area contributed by atoms with Gasteiger partial charge in [-0.3, -0.25) is 9.59 Å². The minimum Gasteiger partial charge on any atom is -0.481 e. The summed E-state index contributed by atoms with van der Waals surface area (Å²) >= 11 is 0. The number of carboxylic acid groups (broad SMARTS) is 2. The summed E-state index contributed by atoms with van der Waals surface area (Å²) in [6.45, 7) is 0. The molecule has 0 aromatic carbocycles. The zero-order valence-corrected chi connectivity index (χ0v) is 4.94. The van der Waals surface area contributed by atoms with Crippen LogP contribution in [0.5, 0.6) is 0 Å². The summed E-state index contributed by atoms with van der Waals surface area (Å²) in [6, 6.07) is -1.86. The third kappa shape index (κ3) is 3.85. The number of nitrogens with two attached hydrogens (primary N) is 1. The molecule has 0 aromatic rings. The fourth-order valence-corrected chi connectivity index (χ4v) is 0.232. The molecule has 0 amide bonds. The molecule has 0 aliphatic heterocycles. The van der Waals surface area contributed by atoms with Gasteiger partial charge in [-0.15, -0.1) is 0 Å². The SMILES string of the molecule is [2H][C@H]([C@H](N)C(=O)O)C([2H])([2H])C(=O)O. The highest BCUT2D eigenvalue weighted by Gasteiger charge is 2.12. The van der Waals surface area contributed by atoms with Gasteiger partial charge < -0.3 is 15.9 Å². The number of carbonyl (C=O) groups is 2. The van der Waals surface area contributed by atoms with Gasteiger partial charge in [-0.1, -0.05) is 0 Å². The van der Waals surface area contributed by atoms with Gasteiger partial charge in [0.1, 0.15) is 6.04 Å². The van der Waals surface area contributed by atoms with E-state index in [1.54, 1.807) is 0 Å². The molecule has 0 aliphatic carbocycles. The van der Waals surface area contributed by atoms with Crippen molar-refractivity contribution in [1.29, 1.82) is 0 Å². The number of rotatable bonds is 4. The molecule has 2 atom stereocenters. The van der Waals surface area contributed by atoms with Crippen molar-refractivity contribution < 1.29 is 23.9 Å². The summed E-state index contributed by atoms with van der Waals surface area (Å²) in [5.74, 6) is -3.51. The van der Waals surface area contributed by atoms with Crippen molar-refractivity contribution in [2.45, 2.75) is 18.8 Å². The average molecular weight is 150 g/mol. The van der Waals surface area contributed by atoms with Gasteiger partial charge in [-0.25, -0.2) is 0 Å². The summed E-state index contributed by atoms with van der Waals surface area (Å²) in [4.78, 5) is 20.5. The van der Waals surface area contributed by atoms with Crippen LogP contribution in [0, 0.1) is 0 Å². The topological polar surface area (TPSA) is 101 Å². The van der Waals surface area contributed by atoms with E-state index in [1.807, 2.05) is 0 Å². The lowest BCUT2D eigenvalue weighted by molar-refractivity contribution is -0.139. The molecule has 0 heterocycles. The zero-order chi connectivity index (χ0) is 10.8. The molecule has 0 aromatic heterocycles. The maximum absolute atomic E-state index is 10.2. The highest BCUT2D eigenvalue weighted by molar-refractivity contribution is 5.74. The number of hydrogen-bond acceptors (Lipinski definition) is 3. The maximum Gasteiger partial charge on any atom is 0.320 e. The van der Waals surface area contributed by atoms with Crippen LogP contribution in [-0.4, -0.2) is 28.2 Å². The van der Waals surface area contributed by atoms with Crippen molar-refractivity contribution in [3.05, 3.63) is 0 Å². The molecular weight excluding hydrogens is 138 g/mol. The molecule has 10 heavy (non-hydrogen) atoms. The average Bonchev–Trinajstić information content (AvgIpc) is 2.01. The van der Waals surface area contributed by atoms with Gasteiger partial charge in [0, 0.05) is 10.5 Å². The Balaban J connectivity index is 4.67. The Morgan fingerprint density at radius 3 is 2.40 bits per heavy atom. The monoisotopic (exact) mass is 150 g/mol. The third-order valence-electron chi connectivity index (χ3n) is 0.672. The lowest BCUT2D eigenvalue weighted by Crippen LogP contribution is -2.30. The molecule has 5 heteroatoms. The van der Waals surface area contributed by atoms with Crippen LogP contribution in [0.2, 0.25) is 0 Å². The first-order chi connectivity index (χ1) is 5.71. The van der Waals surface area contributed by atoms with E-state index < -0.39 is 30.8 Å². The van der Waals surface area contributed by atoms with E-state index in [-0.39, 0.29) is 0 Å². The van der Waals surface area contributed by atoms with E-state index in [0.717, 1.165) is 0 Å². The van der Waals surface area contributed by atoms with Crippen molar-refractivity contribution in [3.8, 4) is 0 Å². The van der Waals surface area contributed by atoms with Gasteiger partial charge in [0.05, 0.1) is 0 Å². The predicted octanol–water partition coefficient (Wildman–Crippen LogP) is -0.737. The molecule has 0 unspecified atom stereocenters. The van der Waals surface area contributed by atoms with Crippen molar-refractivity contribution >= 4 is 11.9 Å². The Bertz CT molecular complexity index is 232. The standard InChI is InChI=1S/C5H9NO4/c6-3(5(9)10)1-2-4(7)8/h3H,1-2,6H2,(H,7,8)(H,9,10)/t3-/m0/s1/i1D,2D2/t1-,3-. The summed E-state index contributed by atoms with van der Waals surface area (Å²) in [7, 11) is 0. The number of carboxylic acids is 2. The molecule has 0 spiro atoms. The summed E-state index contributed by atoms with van der Waals surface area (Å²) in [5.41, 5.74) is 4.89. The molecule has 0 aliphatic rings. The second kappa shape index (κ2) is 3.84. The predicted molar refractivity (Wildman–Crippen MR) is 32.5 cm³/mol. The van der Waals surface area contributed by atoms with Crippen molar-refractivity contribution in [1.82, 2.24) is 0 Å². The van der Waals surface area contributed by atoms with Gasteiger partial charge in [0.25, 0.3) is 0 Å². The van der Waals surface area contributed by atoms with Crippen LogP contribution < -0.4 is 5.73 Å². The van der Waals surface area contributed by atoms with Crippen LogP contribution in [0.15, 0.2) is 0 Å². The summed E-state index contributed by atoms with van der Waals surface area (Å²) in [6.07, 6.45) is -5.00. The summed E-state index contributed by atoms with van der Waals surface area (Å²) in [5, 5.41) is 16.6. The van der Waals surface area contributed by atoms with Gasteiger partial charge in [0.15, 0.2) is 0 Å². The minimum atomic E-state index is -2.96. The first-order valence-electron chi connectivity index (χ1n) is 3.93. The van der Waals surface area contributed by atoms with Crippen LogP contribution in [-0.2, 0) is 9.59 Å². The molecule has 0 radical (unpaired) electrons. The van der Waals surface area contributed by atoms with Crippen molar-refractivity contribution in [2.75, 3.05) is 0 Å². The Hall–Kier alpha value is -1.10.